The summed E-state index contributed by atoms with van der Waals surface area (Å²) in [5, 5.41) is 26.8. The summed E-state index contributed by atoms with van der Waals surface area (Å²) < 4.78 is 0. The van der Waals surface area contributed by atoms with E-state index in [1.165, 1.54) is 22.3 Å². The number of hydrogen-bond donors (Lipinski definition) is 4. The van der Waals surface area contributed by atoms with Crippen molar-refractivity contribution in [1.82, 2.24) is 10.3 Å². The first-order valence-electron chi connectivity index (χ1n) is 17.3. The van der Waals surface area contributed by atoms with Crippen LogP contribution in [0.25, 0.3) is 12.2 Å². The molecule has 0 radical (unpaired) electrons. The number of nitrogens with one attached hydrogen (secondary N) is 2. The van der Waals surface area contributed by atoms with Gasteiger partial charge in [0.2, 0.25) is 0 Å². The fourth-order valence-corrected chi connectivity index (χ4v) is 9.24. The van der Waals surface area contributed by atoms with Crippen LogP contribution in [0, 0.1) is 5.92 Å². The van der Waals surface area contributed by atoms with E-state index in [4.69, 9.17) is 9.98 Å². The summed E-state index contributed by atoms with van der Waals surface area (Å²) in [4.78, 5) is 14.5. The lowest BCUT2D eigenvalue weighted by atomic mass is 9.61. The molecule has 0 amide bonds. The second-order valence-corrected chi connectivity index (χ2v) is 12.9. The molecule has 4 N–H and O–H groups in total. The molecule has 6 heteroatoms. The lowest BCUT2D eigenvalue weighted by molar-refractivity contribution is 0.132. The van der Waals surface area contributed by atoms with Gasteiger partial charge >= 0.3 is 0 Å². The van der Waals surface area contributed by atoms with E-state index in [1.807, 2.05) is 0 Å². The van der Waals surface area contributed by atoms with Gasteiger partial charge in [-0.05, 0) is 129 Å². The van der Waals surface area contributed by atoms with Gasteiger partial charge in [0.1, 0.15) is 0 Å². The van der Waals surface area contributed by atoms with Crippen molar-refractivity contribution in [2.24, 2.45) is 15.9 Å². The topological polar surface area (TPSA) is 93.0 Å². The Morgan fingerprint density at radius 3 is 2.16 bits per heavy atom. The van der Waals surface area contributed by atoms with Gasteiger partial charge in [0.25, 0.3) is 0 Å². The van der Waals surface area contributed by atoms with E-state index in [1.54, 1.807) is 0 Å². The molecule has 44 heavy (non-hydrogen) atoms. The van der Waals surface area contributed by atoms with E-state index in [2.05, 4.69) is 94.4 Å². The zero-order chi connectivity index (χ0) is 31.5. The van der Waals surface area contributed by atoms with Crippen LogP contribution in [0.3, 0.4) is 0 Å². The molecule has 5 rings (SSSR count). The number of aliphatic hydroxyl groups is 2. The van der Waals surface area contributed by atoms with Crippen LogP contribution >= 0.6 is 0 Å². The van der Waals surface area contributed by atoms with Crippen molar-refractivity contribution in [1.29, 1.82) is 0 Å². The number of nitrogens with zero attached hydrogens (tertiary/aromatic N) is 2. The van der Waals surface area contributed by atoms with Crippen LogP contribution in [-0.4, -0.2) is 56.5 Å². The Morgan fingerprint density at radius 2 is 1.55 bits per heavy atom. The van der Waals surface area contributed by atoms with Gasteiger partial charge in [-0.2, -0.15) is 0 Å². The normalized spacial score (nSPS) is 32.3. The molecule has 0 saturated heterocycles. The van der Waals surface area contributed by atoms with E-state index >= 15 is 0 Å². The standard InChI is InChI=1S/C38H54N4O2/c1-7-30-33(15-13-21-43)38(20-14-22-44)35(10-4)37(12-6)32(9-3)31(8-2)36(11-5,42-37)25-29-19-18-27(40-29)23-26-16-17-28(39-26)24-34(30)41-38/h16-19,23-25,35,39,42-44H,7-15,20-22H2,1-6H3/b26-23-,28-24-,29-25-. The molecular weight excluding hydrogens is 544 g/mol. The van der Waals surface area contributed by atoms with Gasteiger partial charge in [-0.1, -0.05) is 41.5 Å². The Balaban J connectivity index is 1.91. The van der Waals surface area contributed by atoms with Crippen molar-refractivity contribution < 1.29 is 10.2 Å². The molecule has 1 aromatic heterocycles. The average Bonchev–Trinajstić information content (AvgIpc) is 3.79. The summed E-state index contributed by atoms with van der Waals surface area (Å²) in [7, 11) is 0. The third kappa shape index (κ3) is 5.27. The molecule has 0 fully saturated rings. The third-order valence-electron chi connectivity index (χ3n) is 10.9. The summed E-state index contributed by atoms with van der Waals surface area (Å²) in [6.07, 6.45) is 19.6. The molecule has 4 aliphatic rings. The van der Waals surface area contributed by atoms with Gasteiger partial charge in [-0.3, -0.25) is 10.3 Å². The third-order valence-corrected chi connectivity index (χ3v) is 10.9. The van der Waals surface area contributed by atoms with E-state index in [9.17, 15) is 10.2 Å². The zero-order valence-corrected chi connectivity index (χ0v) is 27.9. The molecule has 5 heterocycles. The minimum absolute atomic E-state index is 0.137. The van der Waals surface area contributed by atoms with Crippen molar-refractivity contribution in [2.75, 3.05) is 13.2 Å². The van der Waals surface area contributed by atoms with Crippen LogP contribution < -0.4 is 16.0 Å². The molecule has 0 spiro atoms. The van der Waals surface area contributed by atoms with Crippen molar-refractivity contribution in [3.63, 3.8) is 0 Å². The number of aliphatic hydroxyl groups excluding tert-OH is 2. The predicted molar refractivity (Wildman–Crippen MR) is 184 cm³/mol. The van der Waals surface area contributed by atoms with Crippen LogP contribution in [0.1, 0.15) is 106 Å². The van der Waals surface area contributed by atoms with Crippen LogP contribution in [0.4, 0.5) is 0 Å². The van der Waals surface area contributed by atoms with Crippen LogP contribution in [-0.2, 0) is 0 Å². The molecule has 0 aliphatic carbocycles. The summed E-state index contributed by atoms with van der Waals surface area (Å²) in [5.41, 5.74) is 7.62. The lowest BCUT2D eigenvalue weighted by Crippen LogP contribution is -2.61. The molecular formula is C38H54N4O2. The molecule has 4 unspecified atom stereocenters. The number of aliphatic imine (C=N–C) groups is 2. The average molecular weight is 599 g/mol. The summed E-state index contributed by atoms with van der Waals surface area (Å²) in [6, 6.07) is 4.24. The maximum absolute atomic E-state index is 10.3. The van der Waals surface area contributed by atoms with Gasteiger partial charge < -0.3 is 15.2 Å². The van der Waals surface area contributed by atoms with Gasteiger partial charge in [-0.15, -0.1) is 0 Å². The van der Waals surface area contributed by atoms with Gasteiger partial charge in [0.05, 0.1) is 28.2 Å². The number of allylic oxidation sites excluding steroid dienone is 3. The van der Waals surface area contributed by atoms with E-state index in [-0.39, 0.29) is 30.2 Å². The number of aromatic amines is 1. The van der Waals surface area contributed by atoms with Crippen LogP contribution in [0.2, 0.25) is 0 Å². The second kappa shape index (κ2) is 13.3. The first-order valence-corrected chi connectivity index (χ1v) is 17.3. The Hall–Kier alpha value is -2.80. The molecule has 0 aromatic carbocycles. The fraction of sp³-hybridized carbons (Fsp3) is 0.579. The van der Waals surface area contributed by atoms with Crippen LogP contribution in [0.15, 0.2) is 68.3 Å². The molecule has 8 bridgehead atoms. The van der Waals surface area contributed by atoms with Crippen molar-refractivity contribution in [2.45, 2.75) is 122 Å². The van der Waals surface area contributed by atoms with Crippen molar-refractivity contribution in [3.05, 3.63) is 69.0 Å². The lowest BCUT2D eigenvalue weighted by Gasteiger charge is -2.50. The van der Waals surface area contributed by atoms with Gasteiger partial charge in [-0.25, -0.2) is 4.99 Å². The first kappa shape index (κ1) is 32.6. The molecule has 4 aliphatic heterocycles. The van der Waals surface area contributed by atoms with E-state index in [0.29, 0.717) is 12.8 Å². The van der Waals surface area contributed by atoms with Gasteiger partial charge in [0, 0.05) is 35.4 Å². The smallest absolute Gasteiger partial charge is 0.0880 e. The Bertz CT molecular complexity index is 1550. The summed E-state index contributed by atoms with van der Waals surface area (Å²) in [5.74, 6) is 0.162. The van der Waals surface area contributed by atoms with Gasteiger partial charge in [0.15, 0.2) is 0 Å². The summed E-state index contributed by atoms with van der Waals surface area (Å²) in [6.45, 7) is 14.2. The molecule has 4 atom stereocenters. The minimum Gasteiger partial charge on any atom is -0.396 e. The second-order valence-electron chi connectivity index (χ2n) is 12.9. The molecule has 238 valence electrons. The molecule has 6 nitrogen and oxygen atoms in total. The summed E-state index contributed by atoms with van der Waals surface area (Å²) >= 11 is 0. The first-order chi connectivity index (χ1) is 21.3. The largest absolute Gasteiger partial charge is 0.396 e. The van der Waals surface area contributed by atoms with Crippen molar-refractivity contribution in [3.8, 4) is 0 Å². The maximum Gasteiger partial charge on any atom is 0.0880 e. The highest BCUT2D eigenvalue weighted by Gasteiger charge is 2.60. The Labute approximate surface area is 264 Å². The SMILES string of the molecule is CCC1=C(CCCO)C2(CCCO)N=C1/C=c1/cc/c([nH]1)=C/C1=NC(=C\C3(CC)NC(CC)(C(CC)=C3CC)C2CC)/C=C1. The predicted octanol–water partition coefficient (Wildman–Crippen LogP) is 5.97. The highest BCUT2D eigenvalue weighted by molar-refractivity contribution is 6.22. The number of fused-ring (bicyclic) bond motifs is 6. The Morgan fingerprint density at radius 1 is 0.818 bits per heavy atom. The number of aromatic nitrogens is 1. The monoisotopic (exact) mass is 598 g/mol. The van der Waals surface area contributed by atoms with E-state index in [0.717, 1.165) is 79.2 Å². The fourth-order valence-electron chi connectivity index (χ4n) is 9.24. The maximum atomic E-state index is 10.3. The van der Waals surface area contributed by atoms with Crippen LogP contribution in [0.5, 0.6) is 0 Å². The molecule has 1 aromatic rings. The Kier molecular flexibility index (Phi) is 9.84. The minimum atomic E-state index is -0.486. The zero-order valence-electron chi connectivity index (χ0n) is 27.9. The van der Waals surface area contributed by atoms with Crippen molar-refractivity contribution >= 4 is 23.6 Å². The number of rotatable bonds is 12. The number of H-pyrrole nitrogens is 1. The molecule has 0 saturated carbocycles. The number of hydrogen-bond acceptors (Lipinski definition) is 5. The quantitative estimate of drug-likeness (QED) is 0.223. The van der Waals surface area contributed by atoms with E-state index < -0.39 is 5.54 Å². The highest BCUT2D eigenvalue weighted by atomic mass is 16.3. The highest BCUT2D eigenvalue weighted by Crippen LogP contribution is 2.57.